The zero-order valence-electron chi connectivity index (χ0n) is 23.9. The highest BCUT2D eigenvalue weighted by molar-refractivity contribution is 7.10. The van der Waals surface area contributed by atoms with E-state index in [1.54, 1.807) is 28.4 Å². The van der Waals surface area contributed by atoms with Gasteiger partial charge in [-0.15, -0.1) is 11.3 Å². The average molecular weight is 578 g/mol. The van der Waals surface area contributed by atoms with E-state index in [-0.39, 0.29) is 17.6 Å². The Bertz CT molecular complexity index is 1560. The van der Waals surface area contributed by atoms with Gasteiger partial charge < -0.3 is 15.1 Å². The molecule has 2 aliphatic heterocycles. The lowest BCUT2D eigenvalue weighted by molar-refractivity contribution is -0.136. The maximum atomic E-state index is 14.7. The van der Waals surface area contributed by atoms with Gasteiger partial charge in [0.2, 0.25) is 5.91 Å². The van der Waals surface area contributed by atoms with Gasteiger partial charge in [0.25, 0.3) is 5.91 Å². The molecule has 4 aromatic rings. The number of hydrogen-bond donors (Lipinski definition) is 1. The molecule has 4 unspecified atom stereocenters. The quantitative estimate of drug-likeness (QED) is 0.301. The highest BCUT2D eigenvalue weighted by Gasteiger charge is 2.58. The van der Waals surface area contributed by atoms with Gasteiger partial charge in [-0.1, -0.05) is 83.9 Å². The first-order chi connectivity index (χ1) is 20.4. The maximum absolute atomic E-state index is 14.7. The van der Waals surface area contributed by atoms with Crippen LogP contribution in [-0.2, 0) is 4.79 Å². The van der Waals surface area contributed by atoms with E-state index >= 15 is 0 Å². The van der Waals surface area contributed by atoms with E-state index in [0.29, 0.717) is 37.3 Å². The summed E-state index contributed by atoms with van der Waals surface area (Å²) >= 11 is 1.54. The molecule has 2 saturated heterocycles. The third-order valence-corrected chi connectivity index (χ3v) is 9.47. The van der Waals surface area contributed by atoms with Crippen molar-refractivity contribution in [3.63, 3.8) is 0 Å². The number of thiophene rings is 1. The first kappa shape index (κ1) is 28.1. The van der Waals surface area contributed by atoms with Crippen LogP contribution in [0.15, 0.2) is 96.4 Å². The lowest BCUT2D eigenvalue weighted by Crippen LogP contribution is -2.54. The standard InChI is InChI=1S/C35H35N3O3S/c1-23-13-15-25(16-14-23)33(39)30-29(28-12-7-21-42-28)32(35(41)37-19-17-36-18-20-37)38(34(40)26-9-4-3-5-10-26)31(30)27-11-6-8-24(2)22-27/h3-16,21-22,29-32,36H,17-20H2,1-2H3. The molecule has 0 aliphatic carbocycles. The van der Waals surface area contributed by atoms with Crippen molar-refractivity contribution in [2.75, 3.05) is 26.2 Å². The van der Waals surface area contributed by atoms with E-state index in [4.69, 9.17) is 0 Å². The van der Waals surface area contributed by atoms with Crippen molar-refractivity contribution in [3.05, 3.63) is 129 Å². The largest absolute Gasteiger partial charge is 0.338 e. The fourth-order valence-corrected chi connectivity index (χ4v) is 7.40. The third kappa shape index (κ3) is 5.30. The highest BCUT2D eigenvalue weighted by atomic mass is 32.1. The Morgan fingerprint density at radius 1 is 0.786 bits per heavy atom. The van der Waals surface area contributed by atoms with Gasteiger partial charge in [-0.25, -0.2) is 0 Å². The minimum atomic E-state index is -0.834. The van der Waals surface area contributed by atoms with Crippen LogP contribution in [0.4, 0.5) is 0 Å². The average Bonchev–Trinajstić information content (AvgIpc) is 3.68. The van der Waals surface area contributed by atoms with Crippen LogP contribution in [0, 0.1) is 19.8 Å². The molecule has 1 aromatic heterocycles. The number of benzene rings is 3. The van der Waals surface area contributed by atoms with Crippen molar-refractivity contribution in [2.45, 2.75) is 31.8 Å². The number of likely N-dealkylation sites (tertiary alicyclic amines) is 1. The second-order valence-corrected chi connectivity index (χ2v) is 12.2. The predicted molar refractivity (Wildman–Crippen MR) is 166 cm³/mol. The van der Waals surface area contributed by atoms with Crippen LogP contribution in [0.5, 0.6) is 0 Å². The van der Waals surface area contributed by atoms with E-state index < -0.39 is 23.9 Å². The van der Waals surface area contributed by atoms with Crippen LogP contribution in [0.1, 0.15) is 54.2 Å². The molecule has 6 nitrogen and oxygen atoms in total. The zero-order chi connectivity index (χ0) is 29.2. The molecule has 4 atom stereocenters. The van der Waals surface area contributed by atoms with Gasteiger partial charge in [-0.3, -0.25) is 14.4 Å². The SMILES string of the molecule is Cc1ccc(C(=O)C2C(c3cccs3)C(C(=O)N3CCNCC3)N(C(=O)c3ccccc3)C2c2cccc(C)c2)cc1. The number of ketones is 1. The van der Waals surface area contributed by atoms with E-state index in [1.165, 1.54) is 0 Å². The van der Waals surface area contributed by atoms with E-state index in [0.717, 1.165) is 21.6 Å². The molecular weight excluding hydrogens is 542 g/mol. The van der Waals surface area contributed by atoms with Gasteiger partial charge in [0.15, 0.2) is 5.78 Å². The van der Waals surface area contributed by atoms with Crippen molar-refractivity contribution >= 4 is 28.9 Å². The predicted octanol–water partition coefficient (Wildman–Crippen LogP) is 5.65. The molecule has 214 valence electrons. The van der Waals surface area contributed by atoms with Crippen LogP contribution in [0.2, 0.25) is 0 Å². The molecule has 0 bridgehead atoms. The van der Waals surface area contributed by atoms with Gasteiger partial charge in [-0.2, -0.15) is 0 Å². The number of piperazine rings is 1. The Morgan fingerprint density at radius 3 is 2.19 bits per heavy atom. The van der Waals surface area contributed by atoms with Crippen LogP contribution in [-0.4, -0.2) is 59.6 Å². The van der Waals surface area contributed by atoms with Crippen molar-refractivity contribution in [3.8, 4) is 0 Å². The van der Waals surface area contributed by atoms with Crippen molar-refractivity contribution < 1.29 is 14.4 Å². The summed E-state index contributed by atoms with van der Waals surface area (Å²) in [7, 11) is 0. The number of nitrogens with zero attached hydrogens (tertiary/aromatic N) is 2. The van der Waals surface area contributed by atoms with Crippen LogP contribution >= 0.6 is 11.3 Å². The highest BCUT2D eigenvalue weighted by Crippen LogP contribution is 2.53. The van der Waals surface area contributed by atoms with Crippen molar-refractivity contribution in [1.82, 2.24) is 15.1 Å². The van der Waals surface area contributed by atoms with Crippen LogP contribution in [0.3, 0.4) is 0 Å². The number of rotatable bonds is 6. The van der Waals surface area contributed by atoms with Crippen molar-refractivity contribution in [1.29, 1.82) is 0 Å². The molecule has 0 radical (unpaired) electrons. The van der Waals surface area contributed by atoms with Gasteiger partial charge in [-0.05, 0) is 43.0 Å². The Labute approximate surface area is 251 Å². The normalized spacial score (nSPS) is 22.2. The van der Waals surface area contributed by atoms with E-state index in [9.17, 15) is 14.4 Å². The molecule has 42 heavy (non-hydrogen) atoms. The summed E-state index contributed by atoms with van der Waals surface area (Å²) in [5, 5.41) is 5.31. The van der Waals surface area contributed by atoms with Gasteiger partial charge in [0, 0.05) is 48.1 Å². The summed E-state index contributed by atoms with van der Waals surface area (Å²) in [5.74, 6) is -1.55. The van der Waals surface area contributed by atoms with Crippen molar-refractivity contribution in [2.24, 2.45) is 5.92 Å². The Kier molecular flexibility index (Phi) is 8.05. The number of aryl methyl sites for hydroxylation is 2. The maximum Gasteiger partial charge on any atom is 0.255 e. The summed E-state index contributed by atoms with van der Waals surface area (Å²) in [5.41, 5.74) is 4.05. The molecule has 3 heterocycles. The lowest BCUT2D eigenvalue weighted by atomic mass is 9.78. The number of nitrogens with one attached hydrogen (secondary N) is 1. The van der Waals surface area contributed by atoms with E-state index in [2.05, 4.69) is 11.4 Å². The third-order valence-electron chi connectivity index (χ3n) is 8.50. The molecule has 0 saturated carbocycles. The fraction of sp³-hybridized carbons (Fsp3) is 0.286. The summed E-state index contributed by atoms with van der Waals surface area (Å²) in [6, 6.07) is 27.3. The molecule has 3 aromatic carbocycles. The molecule has 0 spiro atoms. The van der Waals surface area contributed by atoms with Crippen LogP contribution in [0.25, 0.3) is 0 Å². The van der Waals surface area contributed by atoms with Gasteiger partial charge in [0.1, 0.15) is 6.04 Å². The van der Waals surface area contributed by atoms with Gasteiger partial charge in [0.05, 0.1) is 12.0 Å². The first-order valence-corrected chi connectivity index (χ1v) is 15.4. The Morgan fingerprint density at radius 2 is 1.52 bits per heavy atom. The Balaban J connectivity index is 1.59. The number of Topliss-reactive ketones (excluding diaryl/α,β-unsaturated/α-hetero) is 1. The monoisotopic (exact) mass is 577 g/mol. The smallest absolute Gasteiger partial charge is 0.255 e. The summed E-state index contributed by atoms with van der Waals surface area (Å²) in [4.78, 5) is 48.5. The molecule has 7 heteroatoms. The summed E-state index contributed by atoms with van der Waals surface area (Å²) < 4.78 is 0. The second-order valence-electron chi connectivity index (χ2n) is 11.3. The van der Waals surface area contributed by atoms with Crippen LogP contribution < -0.4 is 5.32 Å². The van der Waals surface area contributed by atoms with E-state index in [1.807, 2.05) is 96.9 Å². The number of hydrogen-bond acceptors (Lipinski definition) is 5. The minimum absolute atomic E-state index is 0.0543. The molecule has 2 aliphatic rings. The molecular formula is C35H35N3O3S. The molecule has 1 N–H and O–H groups in total. The molecule has 2 fully saturated rings. The fourth-order valence-electron chi connectivity index (χ4n) is 6.49. The first-order valence-electron chi connectivity index (χ1n) is 14.5. The number of carbonyl (C=O) groups excluding carboxylic acids is 3. The lowest BCUT2D eigenvalue weighted by Gasteiger charge is -2.36. The minimum Gasteiger partial charge on any atom is -0.338 e. The summed E-state index contributed by atoms with van der Waals surface area (Å²) in [6.07, 6.45) is 0. The molecule has 6 rings (SSSR count). The summed E-state index contributed by atoms with van der Waals surface area (Å²) in [6.45, 7) is 6.52. The second kappa shape index (κ2) is 12.0. The molecule has 2 amide bonds. The van der Waals surface area contributed by atoms with Gasteiger partial charge >= 0.3 is 0 Å². The Hall–Kier alpha value is -4.07. The number of amides is 2. The number of carbonyl (C=O) groups is 3. The topological polar surface area (TPSA) is 69.7 Å². The zero-order valence-corrected chi connectivity index (χ0v) is 24.7.